The molecule has 0 fully saturated rings. The lowest BCUT2D eigenvalue weighted by molar-refractivity contribution is -0.151. The number of hydrogen-bond acceptors (Lipinski definition) is 9. The number of pyridine rings is 1. The fourth-order valence-electron chi connectivity index (χ4n) is 4.66. The Morgan fingerprint density at radius 3 is 2.44 bits per heavy atom. The van der Waals surface area contributed by atoms with Crippen molar-refractivity contribution in [2.75, 3.05) is 18.9 Å². The monoisotopic (exact) mass is 631 g/mol. The second-order valence-electron chi connectivity index (χ2n) is 10.2. The molecule has 232 valence electrons. The molecule has 0 radical (unpaired) electrons. The van der Waals surface area contributed by atoms with Gasteiger partial charge in [-0.15, -0.1) is 0 Å². The van der Waals surface area contributed by atoms with Crippen LogP contribution in [0.25, 0.3) is 21.9 Å². The number of nitrogens with one attached hydrogen (secondary N) is 1. The molecule has 2 aromatic carbocycles. The number of hydrogen-bond donors (Lipinski definition) is 2. The Bertz CT molecular complexity index is 1590. The molecule has 0 saturated heterocycles. The number of ether oxygens (including phenoxy) is 2. The van der Waals surface area contributed by atoms with Crippen molar-refractivity contribution in [3.63, 3.8) is 0 Å². The van der Waals surface area contributed by atoms with Gasteiger partial charge in [-0.2, -0.15) is 5.09 Å². The van der Waals surface area contributed by atoms with Crippen molar-refractivity contribution in [2.24, 2.45) is 0 Å². The van der Waals surface area contributed by atoms with E-state index in [0.717, 1.165) is 10.9 Å². The Morgan fingerprint density at radius 2 is 1.77 bits per heavy atom. The van der Waals surface area contributed by atoms with Crippen molar-refractivity contribution in [1.82, 2.24) is 19.6 Å². The van der Waals surface area contributed by atoms with Gasteiger partial charge in [0.1, 0.15) is 35.8 Å². The van der Waals surface area contributed by atoms with E-state index in [2.05, 4.69) is 10.1 Å². The SMILES string of the molecule is CCOCc1nc2c(N)nc3ccccc3c2n1[C@@H](C)CO[P@@](=O)(N[C@@H](C)C(=O)OC(CC)CC)Oc1ccc(Cl)cc1. The van der Waals surface area contributed by atoms with Gasteiger partial charge in [-0.25, -0.2) is 14.5 Å². The summed E-state index contributed by atoms with van der Waals surface area (Å²) in [5, 5.41) is 4.10. The Balaban J connectivity index is 1.66. The molecule has 2 heterocycles. The summed E-state index contributed by atoms with van der Waals surface area (Å²) in [6, 6.07) is 12.6. The number of imidazole rings is 1. The number of para-hydroxylation sites is 1. The molecule has 0 saturated carbocycles. The van der Waals surface area contributed by atoms with Crippen LogP contribution in [0.3, 0.4) is 0 Å². The summed E-state index contributed by atoms with van der Waals surface area (Å²) in [6.45, 7) is 9.86. The van der Waals surface area contributed by atoms with Crippen LogP contribution < -0.4 is 15.3 Å². The van der Waals surface area contributed by atoms with E-state index in [1.165, 1.54) is 0 Å². The van der Waals surface area contributed by atoms with Crippen molar-refractivity contribution < 1.29 is 27.9 Å². The van der Waals surface area contributed by atoms with Crippen molar-refractivity contribution in [1.29, 1.82) is 0 Å². The number of esters is 1. The van der Waals surface area contributed by atoms with E-state index in [-0.39, 0.29) is 25.1 Å². The molecule has 4 aromatic rings. The van der Waals surface area contributed by atoms with Gasteiger partial charge in [-0.05, 0) is 63.9 Å². The van der Waals surface area contributed by atoms with Crippen LogP contribution in [0.4, 0.5) is 5.82 Å². The topological polar surface area (TPSA) is 140 Å². The van der Waals surface area contributed by atoms with E-state index in [9.17, 15) is 9.36 Å². The molecule has 4 rings (SSSR count). The Labute approximate surface area is 256 Å². The molecule has 0 aliphatic heterocycles. The van der Waals surface area contributed by atoms with Crippen LogP contribution in [-0.2, 0) is 30.0 Å². The highest BCUT2D eigenvalue weighted by atomic mass is 35.5. The molecule has 0 unspecified atom stereocenters. The first kappa shape index (κ1) is 32.7. The summed E-state index contributed by atoms with van der Waals surface area (Å²) in [6.07, 6.45) is 1.09. The second-order valence-corrected chi connectivity index (χ2v) is 12.3. The summed E-state index contributed by atoms with van der Waals surface area (Å²) >= 11 is 6.03. The second kappa shape index (κ2) is 14.5. The minimum Gasteiger partial charge on any atom is -0.461 e. The molecule has 43 heavy (non-hydrogen) atoms. The van der Waals surface area contributed by atoms with Gasteiger partial charge in [0.25, 0.3) is 0 Å². The van der Waals surface area contributed by atoms with Crippen LogP contribution >= 0.6 is 19.3 Å². The van der Waals surface area contributed by atoms with Gasteiger partial charge in [0, 0.05) is 17.0 Å². The molecule has 13 heteroatoms. The number of nitrogens with zero attached hydrogens (tertiary/aromatic N) is 3. The van der Waals surface area contributed by atoms with Gasteiger partial charge in [0.05, 0.1) is 23.7 Å². The van der Waals surface area contributed by atoms with E-state index in [1.54, 1.807) is 31.2 Å². The zero-order valence-corrected chi connectivity index (χ0v) is 26.7. The Hall–Kier alpha value is -3.21. The van der Waals surface area contributed by atoms with E-state index >= 15 is 0 Å². The fraction of sp³-hybridized carbons (Fsp3) is 0.433. The molecule has 3 atom stereocenters. The van der Waals surface area contributed by atoms with Crippen LogP contribution in [0.15, 0.2) is 48.5 Å². The quantitative estimate of drug-likeness (QED) is 0.106. The number of benzene rings is 2. The summed E-state index contributed by atoms with van der Waals surface area (Å²) in [5.74, 6) is 0.602. The van der Waals surface area contributed by atoms with Crippen LogP contribution in [0.5, 0.6) is 5.75 Å². The summed E-state index contributed by atoms with van der Waals surface area (Å²) in [5.41, 5.74) is 8.34. The average Bonchev–Trinajstić information content (AvgIpc) is 3.39. The molecular weight excluding hydrogens is 593 g/mol. The zero-order valence-electron chi connectivity index (χ0n) is 25.1. The number of nitrogen functional groups attached to an aromatic ring is 1. The van der Waals surface area contributed by atoms with Crippen LogP contribution in [-0.4, -0.2) is 45.9 Å². The molecule has 0 aliphatic rings. The number of fused-ring (bicyclic) bond motifs is 3. The minimum atomic E-state index is -4.13. The highest BCUT2D eigenvalue weighted by Crippen LogP contribution is 2.46. The summed E-state index contributed by atoms with van der Waals surface area (Å²) < 4.78 is 39.3. The number of carbonyl (C=O) groups is 1. The number of aromatic nitrogens is 3. The first-order chi connectivity index (χ1) is 20.6. The van der Waals surface area contributed by atoms with E-state index in [0.29, 0.717) is 47.1 Å². The molecule has 0 amide bonds. The molecular formula is C30H39ClN5O6P. The lowest BCUT2D eigenvalue weighted by atomic mass is 10.1. The summed E-state index contributed by atoms with van der Waals surface area (Å²) in [7, 11) is -4.13. The van der Waals surface area contributed by atoms with Gasteiger partial charge in [-0.3, -0.25) is 9.32 Å². The van der Waals surface area contributed by atoms with Crippen molar-refractivity contribution in [2.45, 2.75) is 72.3 Å². The number of carbonyl (C=O) groups excluding carboxylic acids is 1. The first-order valence-corrected chi connectivity index (χ1v) is 16.3. The molecule has 0 bridgehead atoms. The fourth-order valence-corrected chi connectivity index (χ4v) is 6.35. The molecule has 0 aliphatic carbocycles. The third kappa shape index (κ3) is 7.85. The maximum Gasteiger partial charge on any atom is 0.459 e. The highest BCUT2D eigenvalue weighted by Gasteiger charge is 2.34. The van der Waals surface area contributed by atoms with Gasteiger partial charge in [0.2, 0.25) is 0 Å². The van der Waals surface area contributed by atoms with Crippen LogP contribution in [0.1, 0.15) is 59.3 Å². The van der Waals surface area contributed by atoms with Crippen molar-refractivity contribution in [3.05, 3.63) is 59.4 Å². The van der Waals surface area contributed by atoms with Crippen molar-refractivity contribution >= 4 is 53.1 Å². The smallest absolute Gasteiger partial charge is 0.459 e. The number of rotatable bonds is 15. The molecule has 11 nitrogen and oxygen atoms in total. The normalized spacial score (nSPS) is 14.6. The maximum absolute atomic E-state index is 14.2. The zero-order chi connectivity index (χ0) is 31.1. The lowest BCUT2D eigenvalue weighted by Crippen LogP contribution is -2.37. The van der Waals surface area contributed by atoms with Gasteiger partial charge >= 0.3 is 13.7 Å². The number of anilines is 1. The van der Waals surface area contributed by atoms with Gasteiger partial charge < -0.3 is 24.3 Å². The third-order valence-electron chi connectivity index (χ3n) is 6.93. The predicted octanol–water partition coefficient (Wildman–Crippen LogP) is 6.83. The number of nitrogens with two attached hydrogens (primary N) is 1. The van der Waals surface area contributed by atoms with Crippen LogP contribution in [0.2, 0.25) is 5.02 Å². The summed E-state index contributed by atoms with van der Waals surface area (Å²) in [4.78, 5) is 22.1. The predicted molar refractivity (Wildman–Crippen MR) is 168 cm³/mol. The maximum atomic E-state index is 14.2. The van der Waals surface area contributed by atoms with E-state index < -0.39 is 25.8 Å². The average molecular weight is 632 g/mol. The molecule has 2 aromatic heterocycles. The first-order valence-electron chi connectivity index (χ1n) is 14.4. The largest absolute Gasteiger partial charge is 0.461 e. The van der Waals surface area contributed by atoms with Crippen LogP contribution in [0, 0.1) is 0 Å². The van der Waals surface area contributed by atoms with Crippen molar-refractivity contribution in [3.8, 4) is 5.75 Å². The lowest BCUT2D eigenvalue weighted by Gasteiger charge is -2.26. The van der Waals surface area contributed by atoms with Gasteiger partial charge in [0.15, 0.2) is 5.82 Å². The van der Waals surface area contributed by atoms with E-state index in [4.69, 9.17) is 40.8 Å². The highest BCUT2D eigenvalue weighted by molar-refractivity contribution is 7.52. The third-order valence-corrected chi connectivity index (χ3v) is 8.82. The Kier molecular flexibility index (Phi) is 11.0. The molecule has 0 spiro atoms. The Morgan fingerprint density at radius 1 is 1.07 bits per heavy atom. The molecule has 3 N–H and O–H groups in total. The standard InChI is InChI=1S/C30H39ClN5O6P/c1-6-22(7-2)41-30(37)20(5)35-43(38,42-23-15-13-21(31)14-16-23)40-17-19(4)36-26(18-39-8-3)34-27-28(36)24-11-9-10-12-25(24)33-29(27)32/h9-16,19-20,22H,6-8,17-18H2,1-5H3,(H2,32,33)(H,35,38)/t19-,20-,43-/m0/s1. The van der Waals surface area contributed by atoms with E-state index in [1.807, 2.05) is 56.5 Å². The number of halogens is 1. The minimum absolute atomic E-state index is 0.0761. The van der Waals surface area contributed by atoms with Gasteiger partial charge in [-0.1, -0.05) is 43.6 Å².